The number of aliphatic hydroxyl groups excluding tert-OH is 1. The van der Waals surface area contributed by atoms with Crippen LogP contribution in [0.1, 0.15) is 57.8 Å². The zero-order valence-corrected chi connectivity index (χ0v) is 22.9. The molecule has 36 heavy (non-hydrogen) atoms. The van der Waals surface area contributed by atoms with Crippen LogP contribution in [0.25, 0.3) is 10.4 Å². The van der Waals surface area contributed by atoms with E-state index >= 15 is 0 Å². The molecular formula is C26H35ClN4O4S. The summed E-state index contributed by atoms with van der Waals surface area (Å²) in [5.41, 5.74) is 4.19. The topological polar surface area (TPSA) is 112 Å². The summed E-state index contributed by atoms with van der Waals surface area (Å²) in [6.07, 6.45) is -0.589. The number of carbonyl (C=O) groups is 3. The fourth-order valence-electron chi connectivity index (χ4n) is 4.33. The van der Waals surface area contributed by atoms with Crippen LogP contribution in [-0.4, -0.2) is 63.3 Å². The monoisotopic (exact) mass is 534 g/mol. The highest BCUT2D eigenvalue weighted by molar-refractivity contribution is 7.13. The zero-order chi connectivity index (χ0) is 26.6. The van der Waals surface area contributed by atoms with Gasteiger partial charge in [-0.1, -0.05) is 45.0 Å². The lowest BCUT2D eigenvalue weighted by Gasteiger charge is -2.35. The maximum atomic E-state index is 13.5. The number of rotatable bonds is 8. The predicted octanol–water partition coefficient (Wildman–Crippen LogP) is 3.42. The summed E-state index contributed by atoms with van der Waals surface area (Å²) in [6, 6.07) is 5.96. The van der Waals surface area contributed by atoms with E-state index < -0.39 is 23.6 Å². The predicted molar refractivity (Wildman–Crippen MR) is 142 cm³/mol. The van der Waals surface area contributed by atoms with Crippen LogP contribution in [0.5, 0.6) is 0 Å². The molecule has 1 aliphatic rings. The summed E-state index contributed by atoms with van der Waals surface area (Å²) in [7, 11) is 0. The van der Waals surface area contributed by atoms with Gasteiger partial charge in [0.2, 0.25) is 17.7 Å². The minimum absolute atomic E-state index is 0.0339. The van der Waals surface area contributed by atoms with Gasteiger partial charge < -0.3 is 20.6 Å². The standard InChI is InChI=1S/C26H35ClN4O4S/c1-15(17-6-8-18(9-7-17)22-16(2)28-14-36-22)29-24(34)20-12-19(32)13-31(20)25(35)23(26(3,4)5)30-21(33)10-11-27/h6-9,14-15,19-20,23,32H,10-13H2,1-5H3,(H,29,34)(H,30,33)/t15-,19+,20-,23+/m0/s1. The van der Waals surface area contributed by atoms with Crippen molar-refractivity contribution in [3.8, 4) is 10.4 Å². The van der Waals surface area contributed by atoms with Gasteiger partial charge in [-0.05, 0) is 30.4 Å². The van der Waals surface area contributed by atoms with Crippen molar-refractivity contribution in [1.29, 1.82) is 0 Å². The van der Waals surface area contributed by atoms with Crippen molar-refractivity contribution < 1.29 is 19.5 Å². The molecule has 2 aromatic rings. The minimum Gasteiger partial charge on any atom is -0.391 e. The maximum absolute atomic E-state index is 13.5. The number of benzene rings is 1. The van der Waals surface area contributed by atoms with Crippen molar-refractivity contribution in [1.82, 2.24) is 20.5 Å². The third-order valence-corrected chi connectivity index (χ3v) is 7.55. The summed E-state index contributed by atoms with van der Waals surface area (Å²) in [5.74, 6) is -0.911. The number of nitrogens with one attached hydrogen (secondary N) is 2. The third kappa shape index (κ3) is 6.63. The first-order valence-electron chi connectivity index (χ1n) is 12.1. The van der Waals surface area contributed by atoms with Gasteiger partial charge in [-0.25, -0.2) is 4.98 Å². The summed E-state index contributed by atoms with van der Waals surface area (Å²) < 4.78 is 0. The Bertz CT molecular complexity index is 1080. The van der Waals surface area contributed by atoms with Crippen LogP contribution in [0.2, 0.25) is 0 Å². The van der Waals surface area contributed by atoms with Gasteiger partial charge in [0.25, 0.3) is 0 Å². The van der Waals surface area contributed by atoms with E-state index in [1.54, 1.807) is 11.3 Å². The number of thiazole rings is 1. The minimum atomic E-state index is -0.853. The van der Waals surface area contributed by atoms with Gasteiger partial charge in [-0.2, -0.15) is 0 Å². The number of β-amino-alcohol motifs (C(OH)–C–C–N with tert-alkyl or cyclic N) is 1. The Labute approximate surface area is 221 Å². The molecule has 4 atom stereocenters. The highest BCUT2D eigenvalue weighted by atomic mass is 35.5. The van der Waals surface area contributed by atoms with E-state index in [0.29, 0.717) is 0 Å². The molecule has 0 bridgehead atoms. The van der Waals surface area contributed by atoms with Crippen molar-refractivity contribution in [2.24, 2.45) is 5.41 Å². The Balaban J connectivity index is 1.72. The van der Waals surface area contributed by atoms with Crippen molar-refractivity contribution in [3.63, 3.8) is 0 Å². The molecule has 1 fully saturated rings. The molecule has 0 spiro atoms. The Morgan fingerprint density at radius 1 is 1.22 bits per heavy atom. The molecule has 0 unspecified atom stereocenters. The van der Waals surface area contributed by atoms with Crippen molar-refractivity contribution in [2.75, 3.05) is 12.4 Å². The molecule has 1 aromatic carbocycles. The molecule has 3 rings (SSSR count). The number of hydrogen-bond donors (Lipinski definition) is 3. The molecule has 0 radical (unpaired) electrons. The number of aryl methyl sites for hydroxylation is 1. The maximum Gasteiger partial charge on any atom is 0.246 e. The second-order valence-electron chi connectivity index (χ2n) is 10.3. The average molecular weight is 535 g/mol. The van der Waals surface area contributed by atoms with E-state index in [1.165, 1.54) is 4.90 Å². The van der Waals surface area contributed by atoms with E-state index in [2.05, 4.69) is 15.6 Å². The fraction of sp³-hybridized carbons (Fsp3) is 0.538. The summed E-state index contributed by atoms with van der Waals surface area (Å²) >= 11 is 7.26. The number of likely N-dealkylation sites (tertiary alicyclic amines) is 1. The smallest absolute Gasteiger partial charge is 0.246 e. The van der Waals surface area contributed by atoms with Crippen LogP contribution >= 0.6 is 22.9 Å². The fourth-order valence-corrected chi connectivity index (χ4v) is 5.32. The highest BCUT2D eigenvalue weighted by Gasteiger charge is 2.44. The van der Waals surface area contributed by atoms with Gasteiger partial charge in [0.15, 0.2) is 0 Å². The van der Waals surface area contributed by atoms with Crippen molar-refractivity contribution in [2.45, 2.75) is 71.7 Å². The lowest BCUT2D eigenvalue weighted by atomic mass is 9.85. The van der Waals surface area contributed by atoms with E-state index in [1.807, 2.05) is 64.4 Å². The van der Waals surface area contributed by atoms with Crippen molar-refractivity contribution >= 4 is 40.7 Å². The van der Waals surface area contributed by atoms with Gasteiger partial charge in [-0.3, -0.25) is 14.4 Å². The Hall–Kier alpha value is -2.49. The van der Waals surface area contributed by atoms with Crippen LogP contribution < -0.4 is 10.6 Å². The SMILES string of the molecule is Cc1ncsc1-c1ccc([C@H](C)NC(=O)[C@@H]2C[C@@H](O)CN2C(=O)[C@@H](NC(=O)CCCl)C(C)(C)C)cc1. The van der Waals surface area contributed by atoms with E-state index in [4.69, 9.17) is 11.6 Å². The van der Waals surface area contributed by atoms with Crippen LogP contribution in [-0.2, 0) is 14.4 Å². The number of halogens is 1. The quantitative estimate of drug-likeness (QED) is 0.449. The normalized spacial score (nSPS) is 19.6. The van der Waals surface area contributed by atoms with Crippen LogP contribution in [0, 0.1) is 12.3 Å². The van der Waals surface area contributed by atoms with Crippen molar-refractivity contribution in [3.05, 3.63) is 41.0 Å². The first-order valence-corrected chi connectivity index (χ1v) is 13.5. The van der Waals surface area contributed by atoms with Gasteiger partial charge in [0.05, 0.1) is 28.2 Å². The molecule has 8 nitrogen and oxygen atoms in total. The van der Waals surface area contributed by atoms with Gasteiger partial charge in [0, 0.05) is 25.3 Å². The largest absolute Gasteiger partial charge is 0.391 e. The molecule has 3 amide bonds. The van der Waals surface area contributed by atoms with E-state index in [0.717, 1.165) is 21.7 Å². The first-order chi connectivity index (χ1) is 16.9. The number of nitrogens with zero attached hydrogens (tertiary/aromatic N) is 2. The summed E-state index contributed by atoms with van der Waals surface area (Å²) in [4.78, 5) is 45.8. The van der Waals surface area contributed by atoms with Gasteiger partial charge in [0.1, 0.15) is 12.1 Å². The van der Waals surface area contributed by atoms with Crippen LogP contribution in [0.15, 0.2) is 29.8 Å². The molecule has 196 valence electrons. The first kappa shape index (κ1) is 28.1. The van der Waals surface area contributed by atoms with Gasteiger partial charge >= 0.3 is 0 Å². The summed E-state index contributed by atoms with van der Waals surface area (Å²) in [6.45, 7) is 9.42. The Kier molecular flexibility index (Phi) is 9.13. The number of alkyl halides is 1. The second-order valence-corrected chi connectivity index (χ2v) is 11.6. The zero-order valence-electron chi connectivity index (χ0n) is 21.4. The number of aliphatic hydroxyl groups is 1. The molecule has 1 aromatic heterocycles. The lowest BCUT2D eigenvalue weighted by molar-refractivity contribution is -0.144. The summed E-state index contributed by atoms with van der Waals surface area (Å²) in [5, 5.41) is 16.1. The average Bonchev–Trinajstić information content (AvgIpc) is 3.42. The lowest BCUT2D eigenvalue weighted by Crippen LogP contribution is -2.57. The third-order valence-electron chi connectivity index (χ3n) is 6.38. The molecule has 1 aliphatic heterocycles. The number of amides is 3. The molecule has 0 saturated carbocycles. The van der Waals surface area contributed by atoms with Crippen LogP contribution in [0.3, 0.4) is 0 Å². The Morgan fingerprint density at radius 3 is 2.44 bits per heavy atom. The molecule has 1 saturated heterocycles. The molecular weight excluding hydrogens is 500 g/mol. The molecule has 0 aliphatic carbocycles. The van der Waals surface area contributed by atoms with Gasteiger partial charge in [-0.15, -0.1) is 22.9 Å². The molecule has 3 N–H and O–H groups in total. The van der Waals surface area contributed by atoms with Crippen LogP contribution in [0.4, 0.5) is 0 Å². The number of carbonyl (C=O) groups excluding carboxylic acids is 3. The second kappa shape index (κ2) is 11.7. The van der Waals surface area contributed by atoms with E-state index in [-0.39, 0.29) is 49.0 Å². The highest BCUT2D eigenvalue weighted by Crippen LogP contribution is 2.29. The number of aromatic nitrogens is 1. The Morgan fingerprint density at radius 2 is 1.89 bits per heavy atom. The molecule has 10 heteroatoms. The number of hydrogen-bond acceptors (Lipinski definition) is 6. The molecule has 2 heterocycles. The van der Waals surface area contributed by atoms with E-state index in [9.17, 15) is 19.5 Å².